The average Bonchev–Trinajstić information content (AvgIpc) is 3.17. The lowest BCUT2D eigenvalue weighted by molar-refractivity contribution is 0.155. The number of nitrogens with zero attached hydrogens (tertiary/aromatic N) is 3. The van der Waals surface area contributed by atoms with Crippen molar-refractivity contribution in [1.29, 1.82) is 0 Å². The lowest BCUT2D eigenvalue weighted by Crippen LogP contribution is -2.24. The molecule has 2 aromatic carbocycles. The molecule has 0 saturated carbocycles. The Bertz CT molecular complexity index is 1240. The van der Waals surface area contributed by atoms with Crippen LogP contribution in [-0.2, 0) is 6.54 Å². The number of rotatable bonds is 5. The van der Waals surface area contributed by atoms with Crippen LogP contribution in [0.1, 0.15) is 22.8 Å². The average molecular weight is 389 g/mol. The smallest absolute Gasteiger partial charge is 0.276 e. The molecule has 6 nitrogen and oxygen atoms in total. The predicted molar refractivity (Wildman–Crippen MR) is 112 cm³/mol. The van der Waals surface area contributed by atoms with Crippen molar-refractivity contribution in [2.75, 3.05) is 7.11 Å². The van der Waals surface area contributed by atoms with Crippen LogP contribution in [-0.4, -0.2) is 26.4 Å². The summed E-state index contributed by atoms with van der Waals surface area (Å²) >= 11 is 0. The summed E-state index contributed by atoms with van der Waals surface area (Å²) in [5.74, 6) is 0.730. The van der Waals surface area contributed by atoms with Crippen LogP contribution in [0.15, 0.2) is 65.7 Å². The molecule has 29 heavy (non-hydrogen) atoms. The first-order chi connectivity index (χ1) is 14.0. The van der Waals surface area contributed by atoms with Crippen LogP contribution >= 0.6 is 0 Å². The number of aliphatic hydroxyl groups excluding tert-OH is 1. The zero-order chi connectivity index (χ0) is 20.5. The van der Waals surface area contributed by atoms with Crippen molar-refractivity contribution in [2.45, 2.75) is 26.5 Å². The van der Waals surface area contributed by atoms with E-state index in [0.717, 1.165) is 22.4 Å². The van der Waals surface area contributed by atoms with Gasteiger partial charge in [-0.2, -0.15) is 5.10 Å². The van der Waals surface area contributed by atoms with E-state index in [1.54, 1.807) is 30.1 Å². The van der Waals surface area contributed by atoms with Gasteiger partial charge in [0, 0.05) is 18.0 Å². The topological polar surface area (TPSA) is 68.8 Å². The van der Waals surface area contributed by atoms with E-state index in [1.165, 1.54) is 10.1 Å². The maximum Gasteiger partial charge on any atom is 0.276 e. The Kier molecular flexibility index (Phi) is 4.94. The van der Waals surface area contributed by atoms with Gasteiger partial charge in [0.25, 0.3) is 5.56 Å². The van der Waals surface area contributed by atoms with Gasteiger partial charge in [-0.3, -0.25) is 4.79 Å². The van der Waals surface area contributed by atoms with Gasteiger partial charge < -0.3 is 14.4 Å². The monoisotopic (exact) mass is 389 g/mol. The highest BCUT2D eigenvalue weighted by molar-refractivity contribution is 5.66. The highest BCUT2D eigenvalue weighted by atomic mass is 16.5. The van der Waals surface area contributed by atoms with E-state index in [-0.39, 0.29) is 12.1 Å². The second-order valence-electron chi connectivity index (χ2n) is 7.21. The quantitative estimate of drug-likeness (QED) is 0.567. The van der Waals surface area contributed by atoms with Crippen LogP contribution in [0.3, 0.4) is 0 Å². The summed E-state index contributed by atoms with van der Waals surface area (Å²) < 4.78 is 8.35. The van der Waals surface area contributed by atoms with Crippen molar-refractivity contribution in [3.63, 3.8) is 0 Å². The molecule has 0 saturated heterocycles. The molecular formula is C23H23N3O3. The highest BCUT2D eigenvalue weighted by Crippen LogP contribution is 2.23. The largest absolute Gasteiger partial charge is 0.497 e. The number of fused-ring (bicyclic) bond motifs is 1. The molecular weight excluding hydrogens is 366 g/mol. The molecule has 0 aliphatic rings. The molecule has 0 amide bonds. The van der Waals surface area contributed by atoms with Crippen LogP contribution in [0.5, 0.6) is 5.75 Å². The van der Waals surface area contributed by atoms with Crippen molar-refractivity contribution >= 4 is 5.52 Å². The molecule has 2 aromatic heterocycles. The van der Waals surface area contributed by atoms with E-state index in [4.69, 9.17) is 4.74 Å². The number of hydrogen-bond donors (Lipinski definition) is 1. The van der Waals surface area contributed by atoms with E-state index < -0.39 is 6.10 Å². The Hall–Kier alpha value is -3.38. The lowest BCUT2D eigenvalue weighted by Gasteiger charge is -2.14. The van der Waals surface area contributed by atoms with E-state index in [9.17, 15) is 9.90 Å². The minimum absolute atomic E-state index is 0.178. The van der Waals surface area contributed by atoms with Crippen molar-refractivity contribution in [2.24, 2.45) is 0 Å². The van der Waals surface area contributed by atoms with Crippen LogP contribution in [0.25, 0.3) is 16.8 Å². The van der Waals surface area contributed by atoms with Gasteiger partial charge in [0.15, 0.2) is 0 Å². The van der Waals surface area contributed by atoms with Gasteiger partial charge in [0.2, 0.25) is 0 Å². The first-order valence-electron chi connectivity index (χ1n) is 9.45. The summed E-state index contributed by atoms with van der Waals surface area (Å²) in [5.41, 5.74) is 4.90. The number of aromatic nitrogens is 3. The minimum atomic E-state index is -0.768. The predicted octanol–water partition coefficient (Wildman–Crippen LogP) is 3.52. The van der Waals surface area contributed by atoms with Crippen molar-refractivity contribution < 1.29 is 9.84 Å². The second-order valence-corrected chi connectivity index (χ2v) is 7.21. The van der Waals surface area contributed by atoms with Gasteiger partial charge in [-0.25, -0.2) is 4.52 Å². The van der Waals surface area contributed by atoms with Gasteiger partial charge in [-0.1, -0.05) is 30.3 Å². The maximum absolute atomic E-state index is 13.0. The third kappa shape index (κ3) is 3.67. The van der Waals surface area contributed by atoms with E-state index >= 15 is 0 Å². The molecule has 0 radical (unpaired) electrons. The summed E-state index contributed by atoms with van der Waals surface area (Å²) in [4.78, 5) is 13.0. The van der Waals surface area contributed by atoms with E-state index in [2.05, 4.69) is 5.10 Å². The Balaban J connectivity index is 1.67. The molecule has 2 heterocycles. The van der Waals surface area contributed by atoms with Gasteiger partial charge >= 0.3 is 0 Å². The SMILES string of the molecule is COc1cccc(-c2cc3c(=O)n(CC(O)c4ccc(C)c(C)c4)ccn3n2)c1. The molecule has 0 bridgehead atoms. The fourth-order valence-corrected chi connectivity index (χ4v) is 3.36. The second kappa shape index (κ2) is 7.56. The Labute approximate surface area is 168 Å². The normalized spacial score (nSPS) is 12.3. The third-order valence-corrected chi connectivity index (χ3v) is 5.25. The van der Waals surface area contributed by atoms with Gasteiger partial charge in [-0.15, -0.1) is 0 Å². The van der Waals surface area contributed by atoms with E-state index in [0.29, 0.717) is 11.2 Å². The third-order valence-electron chi connectivity index (χ3n) is 5.25. The van der Waals surface area contributed by atoms with Crippen molar-refractivity contribution in [1.82, 2.24) is 14.2 Å². The van der Waals surface area contributed by atoms with Gasteiger partial charge in [0.05, 0.1) is 25.5 Å². The molecule has 0 spiro atoms. The molecule has 0 aliphatic heterocycles. The fourth-order valence-electron chi connectivity index (χ4n) is 3.36. The molecule has 4 aromatic rings. The molecule has 0 fully saturated rings. The summed E-state index contributed by atoms with van der Waals surface area (Å²) in [6, 6.07) is 15.2. The summed E-state index contributed by atoms with van der Waals surface area (Å²) in [7, 11) is 1.61. The fraction of sp³-hybridized carbons (Fsp3) is 0.217. The zero-order valence-electron chi connectivity index (χ0n) is 16.7. The van der Waals surface area contributed by atoms with Crippen molar-refractivity contribution in [3.05, 3.63) is 88.0 Å². The zero-order valence-corrected chi connectivity index (χ0v) is 16.7. The summed E-state index contributed by atoms with van der Waals surface area (Å²) in [6.07, 6.45) is 2.62. The molecule has 0 aliphatic carbocycles. The standard InChI is InChI=1S/C23H23N3O3/c1-15-7-8-18(11-16(15)2)22(27)14-25-9-10-26-21(23(25)28)13-20(24-26)17-5-4-6-19(12-17)29-3/h4-13,22,27H,14H2,1-3H3. The molecule has 6 heteroatoms. The number of benzene rings is 2. The summed E-state index contributed by atoms with van der Waals surface area (Å²) in [6.45, 7) is 4.22. The Morgan fingerprint density at radius 1 is 1.07 bits per heavy atom. The number of methoxy groups -OCH3 is 1. The lowest BCUT2D eigenvalue weighted by atomic mass is 10.0. The van der Waals surface area contributed by atoms with Crippen molar-refractivity contribution in [3.8, 4) is 17.0 Å². The molecule has 1 unspecified atom stereocenters. The Morgan fingerprint density at radius 3 is 2.66 bits per heavy atom. The van der Waals surface area contributed by atoms with Crippen LogP contribution in [0.2, 0.25) is 0 Å². The summed E-state index contributed by atoms with van der Waals surface area (Å²) in [5, 5.41) is 15.1. The number of aryl methyl sites for hydroxylation is 2. The van der Waals surface area contributed by atoms with Gasteiger partial charge in [0.1, 0.15) is 11.3 Å². The van der Waals surface area contributed by atoms with Gasteiger partial charge in [-0.05, 0) is 48.7 Å². The minimum Gasteiger partial charge on any atom is -0.497 e. The van der Waals surface area contributed by atoms with Crippen LogP contribution in [0, 0.1) is 13.8 Å². The van der Waals surface area contributed by atoms with Crippen LogP contribution in [0.4, 0.5) is 0 Å². The number of hydrogen-bond acceptors (Lipinski definition) is 4. The molecule has 148 valence electrons. The highest BCUT2D eigenvalue weighted by Gasteiger charge is 2.14. The molecule has 1 N–H and O–H groups in total. The van der Waals surface area contributed by atoms with Crippen LogP contribution < -0.4 is 10.3 Å². The first-order valence-corrected chi connectivity index (χ1v) is 9.45. The molecule has 4 rings (SSSR count). The Morgan fingerprint density at radius 2 is 1.90 bits per heavy atom. The van der Waals surface area contributed by atoms with E-state index in [1.807, 2.05) is 56.3 Å². The maximum atomic E-state index is 13.0. The number of aliphatic hydroxyl groups is 1. The first kappa shape index (κ1) is 19.0. The number of ether oxygens (including phenoxy) is 1. The molecule has 1 atom stereocenters.